The largest absolute Gasteiger partial charge is 0.492 e. The second-order valence-electron chi connectivity index (χ2n) is 3.16. The van der Waals surface area contributed by atoms with Gasteiger partial charge in [0.05, 0.1) is 19.9 Å². The molecule has 0 spiro atoms. The van der Waals surface area contributed by atoms with Crippen molar-refractivity contribution in [1.29, 1.82) is 0 Å². The Morgan fingerprint density at radius 3 is 2.87 bits per heavy atom. The summed E-state index contributed by atoms with van der Waals surface area (Å²) in [5.74, 6) is 0.520. The molecule has 15 heavy (non-hydrogen) atoms. The third-order valence-corrected chi connectivity index (χ3v) is 1.91. The number of hydrogen-bond donors (Lipinski definition) is 0. The molecule has 0 saturated heterocycles. The van der Waals surface area contributed by atoms with E-state index in [-0.39, 0.29) is 5.97 Å². The van der Waals surface area contributed by atoms with E-state index in [1.165, 1.54) is 7.11 Å². The van der Waals surface area contributed by atoms with Crippen LogP contribution in [0.2, 0.25) is 0 Å². The molecule has 0 aliphatic rings. The lowest BCUT2D eigenvalue weighted by atomic mass is 10.3. The second kappa shape index (κ2) is 6.01. The zero-order valence-corrected chi connectivity index (χ0v) is 9.03. The van der Waals surface area contributed by atoms with Crippen LogP contribution in [0.15, 0.2) is 18.3 Å². The number of esters is 1. The fourth-order valence-electron chi connectivity index (χ4n) is 1.05. The topological polar surface area (TPSA) is 48.4 Å². The van der Waals surface area contributed by atoms with Gasteiger partial charge in [0.1, 0.15) is 5.75 Å². The monoisotopic (exact) mass is 209 g/mol. The number of ether oxygens (including phenoxy) is 2. The average molecular weight is 209 g/mol. The Bertz CT molecular complexity index is 308. The molecule has 0 bridgehead atoms. The number of aryl methyl sites for hydroxylation is 1. The van der Waals surface area contributed by atoms with Gasteiger partial charge in [-0.05, 0) is 25.5 Å². The molecule has 0 saturated carbocycles. The molecule has 0 fully saturated rings. The predicted octanol–water partition coefficient (Wildman–Crippen LogP) is 1.72. The van der Waals surface area contributed by atoms with Gasteiger partial charge in [-0.1, -0.05) is 0 Å². The fourth-order valence-corrected chi connectivity index (χ4v) is 1.05. The molecule has 0 unspecified atom stereocenters. The smallest absolute Gasteiger partial charge is 0.305 e. The van der Waals surface area contributed by atoms with Gasteiger partial charge in [0.2, 0.25) is 0 Å². The Kier molecular flexibility index (Phi) is 4.60. The molecule has 0 radical (unpaired) electrons. The van der Waals surface area contributed by atoms with Gasteiger partial charge in [-0.25, -0.2) is 0 Å². The Labute approximate surface area is 89.2 Å². The van der Waals surface area contributed by atoms with Crippen molar-refractivity contribution in [3.05, 3.63) is 24.0 Å². The summed E-state index contributed by atoms with van der Waals surface area (Å²) >= 11 is 0. The van der Waals surface area contributed by atoms with Crippen molar-refractivity contribution >= 4 is 5.97 Å². The predicted molar refractivity (Wildman–Crippen MR) is 55.7 cm³/mol. The van der Waals surface area contributed by atoms with E-state index in [1.807, 2.05) is 19.1 Å². The first-order valence-electron chi connectivity index (χ1n) is 4.84. The normalized spacial score (nSPS) is 9.73. The van der Waals surface area contributed by atoms with Crippen molar-refractivity contribution in [2.45, 2.75) is 19.8 Å². The number of nitrogens with zero attached hydrogens (tertiary/aromatic N) is 1. The van der Waals surface area contributed by atoms with Gasteiger partial charge in [0.25, 0.3) is 0 Å². The quantitative estimate of drug-likeness (QED) is 0.547. The van der Waals surface area contributed by atoms with Crippen LogP contribution in [0.4, 0.5) is 0 Å². The molecular weight excluding hydrogens is 194 g/mol. The number of rotatable bonds is 5. The van der Waals surface area contributed by atoms with Crippen molar-refractivity contribution in [2.75, 3.05) is 13.7 Å². The molecular formula is C11H15NO3. The third kappa shape index (κ3) is 4.44. The second-order valence-corrected chi connectivity index (χ2v) is 3.16. The molecule has 4 nitrogen and oxygen atoms in total. The lowest BCUT2D eigenvalue weighted by Crippen LogP contribution is -2.04. The van der Waals surface area contributed by atoms with Crippen LogP contribution < -0.4 is 4.74 Å². The van der Waals surface area contributed by atoms with Gasteiger partial charge in [0, 0.05) is 12.1 Å². The van der Waals surface area contributed by atoms with Crippen molar-refractivity contribution in [3.8, 4) is 5.75 Å². The lowest BCUT2D eigenvalue weighted by Gasteiger charge is -2.04. The first kappa shape index (κ1) is 11.5. The van der Waals surface area contributed by atoms with E-state index in [0.29, 0.717) is 19.4 Å². The number of methoxy groups -OCH3 is 1. The lowest BCUT2D eigenvalue weighted by molar-refractivity contribution is -0.140. The molecule has 0 atom stereocenters. The molecule has 0 N–H and O–H groups in total. The number of pyridine rings is 1. The summed E-state index contributed by atoms with van der Waals surface area (Å²) in [5.41, 5.74) is 0.955. The molecule has 4 heteroatoms. The van der Waals surface area contributed by atoms with Crippen LogP contribution >= 0.6 is 0 Å². The number of carbonyl (C=O) groups is 1. The summed E-state index contributed by atoms with van der Waals surface area (Å²) in [5, 5.41) is 0. The minimum atomic E-state index is -0.208. The maximum absolute atomic E-state index is 10.8. The van der Waals surface area contributed by atoms with Gasteiger partial charge in [-0.3, -0.25) is 9.78 Å². The van der Waals surface area contributed by atoms with E-state index < -0.39 is 0 Å². The number of aromatic nitrogens is 1. The highest BCUT2D eigenvalue weighted by atomic mass is 16.5. The number of hydrogen-bond acceptors (Lipinski definition) is 4. The zero-order valence-electron chi connectivity index (χ0n) is 9.03. The molecule has 0 aliphatic heterocycles. The highest BCUT2D eigenvalue weighted by Crippen LogP contribution is 2.09. The van der Waals surface area contributed by atoms with E-state index in [2.05, 4.69) is 9.72 Å². The van der Waals surface area contributed by atoms with E-state index in [0.717, 1.165) is 11.4 Å². The van der Waals surface area contributed by atoms with Gasteiger partial charge in [0.15, 0.2) is 0 Å². The van der Waals surface area contributed by atoms with Gasteiger partial charge >= 0.3 is 5.97 Å². The van der Waals surface area contributed by atoms with Gasteiger partial charge in [-0.15, -0.1) is 0 Å². The molecule has 1 aromatic rings. The Hall–Kier alpha value is -1.58. The minimum Gasteiger partial charge on any atom is -0.492 e. The average Bonchev–Trinajstić information content (AvgIpc) is 2.26. The van der Waals surface area contributed by atoms with Crippen LogP contribution in [0.25, 0.3) is 0 Å². The first-order valence-corrected chi connectivity index (χ1v) is 4.84. The summed E-state index contributed by atoms with van der Waals surface area (Å²) in [4.78, 5) is 14.9. The molecule has 1 rings (SSSR count). The standard InChI is InChI=1S/C11H15NO3/c1-9-5-6-10(8-12-9)15-7-3-4-11(13)14-2/h5-6,8H,3-4,7H2,1-2H3. The zero-order chi connectivity index (χ0) is 11.1. The minimum absolute atomic E-state index is 0.208. The van der Waals surface area contributed by atoms with Gasteiger partial charge < -0.3 is 9.47 Å². The van der Waals surface area contributed by atoms with Crippen LogP contribution in [-0.4, -0.2) is 24.7 Å². The Morgan fingerprint density at radius 2 is 2.27 bits per heavy atom. The Morgan fingerprint density at radius 1 is 1.47 bits per heavy atom. The maximum Gasteiger partial charge on any atom is 0.305 e. The maximum atomic E-state index is 10.8. The molecule has 0 aromatic carbocycles. The molecule has 1 heterocycles. The van der Waals surface area contributed by atoms with Gasteiger partial charge in [-0.2, -0.15) is 0 Å². The molecule has 0 amide bonds. The van der Waals surface area contributed by atoms with Crippen molar-refractivity contribution in [1.82, 2.24) is 4.98 Å². The number of carbonyl (C=O) groups excluding carboxylic acids is 1. The summed E-state index contributed by atoms with van der Waals surface area (Å²) in [6.45, 7) is 2.42. The van der Waals surface area contributed by atoms with E-state index in [4.69, 9.17) is 4.74 Å². The van der Waals surface area contributed by atoms with Crippen LogP contribution in [0.1, 0.15) is 18.5 Å². The first-order chi connectivity index (χ1) is 7.22. The summed E-state index contributed by atoms with van der Waals surface area (Å²) in [6.07, 6.45) is 2.71. The summed E-state index contributed by atoms with van der Waals surface area (Å²) in [7, 11) is 1.38. The van der Waals surface area contributed by atoms with Crippen molar-refractivity contribution in [3.63, 3.8) is 0 Å². The molecule has 82 valence electrons. The summed E-state index contributed by atoms with van der Waals surface area (Å²) < 4.78 is 9.90. The fraction of sp³-hybridized carbons (Fsp3) is 0.455. The van der Waals surface area contributed by atoms with Crippen LogP contribution in [0.3, 0.4) is 0 Å². The van der Waals surface area contributed by atoms with Crippen LogP contribution in [-0.2, 0) is 9.53 Å². The molecule has 1 aromatic heterocycles. The summed E-state index contributed by atoms with van der Waals surface area (Å²) in [6, 6.07) is 3.75. The molecule has 0 aliphatic carbocycles. The van der Waals surface area contributed by atoms with Crippen LogP contribution in [0.5, 0.6) is 5.75 Å². The highest BCUT2D eigenvalue weighted by Gasteiger charge is 2.00. The highest BCUT2D eigenvalue weighted by molar-refractivity contribution is 5.68. The SMILES string of the molecule is COC(=O)CCCOc1ccc(C)nc1. The van der Waals surface area contributed by atoms with Crippen molar-refractivity contribution in [2.24, 2.45) is 0 Å². The van der Waals surface area contributed by atoms with E-state index in [9.17, 15) is 4.79 Å². The van der Waals surface area contributed by atoms with Crippen LogP contribution in [0, 0.1) is 6.92 Å². The Balaban J connectivity index is 2.20. The van der Waals surface area contributed by atoms with E-state index in [1.54, 1.807) is 6.20 Å². The third-order valence-electron chi connectivity index (χ3n) is 1.91. The van der Waals surface area contributed by atoms with Crippen molar-refractivity contribution < 1.29 is 14.3 Å². The van der Waals surface area contributed by atoms with E-state index >= 15 is 0 Å².